The number of fused-ring (bicyclic) bond motifs is 1. The van der Waals surface area contributed by atoms with E-state index in [-0.39, 0.29) is 16.6 Å². The van der Waals surface area contributed by atoms with Crippen molar-refractivity contribution in [2.75, 3.05) is 18.1 Å². The van der Waals surface area contributed by atoms with Crippen molar-refractivity contribution in [2.45, 2.75) is 29.5 Å². The van der Waals surface area contributed by atoms with E-state index >= 15 is 0 Å². The number of carboxylic acids is 1. The number of thioether (sulfide) groups is 2. The van der Waals surface area contributed by atoms with E-state index in [4.69, 9.17) is 4.74 Å². The number of nitrogens with zero attached hydrogens (tertiary/aromatic N) is 7. The summed E-state index contributed by atoms with van der Waals surface area (Å²) < 4.78 is 6.83. The Hall–Kier alpha value is -4.03. The number of amides is 3. The molecule has 1 saturated heterocycles. The Labute approximate surface area is 245 Å². The van der Waals surface area contributed by atoms with Crippen molar-refractivity contribution < 1.29 is 29.0 Å². The van der Waals surface area contributed by atoms with Gasteiger partial charge < -0.3 is 20.5 Å². The lowest BCUT2D eigenvalue weighted by atomic mass is 10.0. The van der Waals surface area contributed by atoms with Gasteiger partial charge in [-0.25, -0.2) is 9.48 Å². The molecule has 1 aromatic carbocycles. The molecule has 1 fully saturated rings. The van der Waals surface area contributed by atoms with Gasteiger partial charge in [0.15, 0.2) is 6.61 Å². The normalized spacial score (nSPS) is 18.8. The van der Waals surface area contributed by atoms with Gasteiger partial charge >= 0.3 is 5.97 Å². The summed E-state index contributed by atoms with van der Waals surface area (Å²) in [6.07, 6.45) is 0. The molecule has 0 spiro atoms. The van der Waals surface area contributed by atoms with Crippen LogP contribution in [0.3, 0.4) is 0 Å². The van der Waals surface area contributed by atoms with E-state index in [1.54, 1.807) is 44.3 Å². The molecule has 15 nitrogen and oxygen atoms in total. The zero-order valence-corrected chi connectivity index (χ0v) is 24.0. The Kier molecular flexibility index (Phi) is 8.50. The summed E-state index contributed by atoms with van der Waals surface area (Å²) in [5.74, 6) is -2.37. The quantitative estimate of drug-likeness (QED) is 0.194. The highest BCUT2D eigenvalue weighted by Crippen LogP contribution is 2.41. The van der Waals surface area contributed by atoms with Crippen molar-refractivity contribution in [3.05, 3.63) is 52.2 Å². The van der Waals surface area contributed by atoms with Crippen LogP contribution in [0.5, 0.6) is 5.19 Å². The van der Waals surface area contributed by atoms with Crippen LogP contribution in [-0.2, 0) is 26.2 Å². The fraction of sp³-hybridized carbons (Fsp3) is 0.348. The molecule has 3 aromatic rings. The number of tetrazole rings is 1. The first-order valence-electron chi connectivity index (χ1n) is 12.1. The summed E-state index contributed by atoms with van der Waals surface area (Å²) in [7, 11) is 1.67. The lowest BCUT2D eigenvalue weighted by Gasteiger charge is -2.49. The summed E-state index contributed by atoms with van der Waals surface area (Å²) >= 11 is 3.79. The number of carbonyl (C=O) groups is 4. The molecule has 0 aliphatic carbocycles. The Morgan fingerprint density at radius 1 is 1.22 bits per heavy atom. The number of aromatic nitrogens is 6. The SMILES string of the molecule is Cc1nnc(OCC(=O)NC(C(=O)NC2C(=O)N3C(C(=O)O)=C(CSc4nnnn4C)CS[C@H]23)c2ccccc2)s1. The van der Waals surface area contributed by atoms with Crippen molar-refractivity contribution in [2.24, 2.45) is 7.05 Å². The van der Waals surface area contributed by atoms with Gasteiger partial charge in [-0.2, -0.15) is 0 Å². The van der Waals surface area contributed by atoms with Gasteiger partial charge in [-0.15, -0.1) is 27.1 Å². The van der Waals surface area contributed by atoms with E-state index in [1.807, 2.05) is 0 Å². The van der Waals surface area contributed by atoms with E-state index in [2.05, 4.69) is 36.4 Å². The largest absolute Gasteiger partial charge is 0.477 e. The topological polar surface area (TPSA) is 194 Å². The van der Waals surface area contributed by atoms with E-state index in [1.165, 1.54) is 44.4 Å². The van der Waals surface area contributed by atoms with Crippen LogP contribution in [-0.4, -0.2) is 93.6 Å². The van der Waals surface area contributed by atoms with Gasteiger partial charge in [0.1, 0.15) is 28.2 Å². The van der Waals surface area contributed by atoms with Crippen molar-refractivity contribution in [3.63, 3.8) is 0 Å². The first-order chi connectivity index (χ1) is 19.7. The molecular weight excluding hydrogens is 595 g/mol. The van der Waals surface area contributed by atoms with Crippen molar-refractivity contribution in [1.29, 1.82) is 0 Å². The predicted molar refractivity (Wildman–Crippen MR) is 147 cm³/mol. The molecule has 3 N–H and O–H groups in total. The minimum atomic E-state index is -1.24. The third-order valence-corrected chi connectivity index (χ3v) is 9.23. The third kappa shape index (κ3) is 6.18. The Morgan fingerprint density at radius 2 is 2.00 bits per heavy atom. The minimum absolute atomic E-state index is 0.108. The maximum atomic E-state index is 13.4. The Morgan fingerprint density at radius 3 is 2.66 bits per heavy atom. The molecule has 0 radical (unpaired) electrons. The van der Waals surface area contributed by atoms with Gasteiger partial charge in [0, 0.05) is 18.6 Å². The fourth-order valence-electron chi connectivity index (χ4n) is 4.14. The van der Waals surface area contributed by atoms with Crippen LogP contribution < -0.4 is 15.4 Å². The van der Waals surface area contributed by atoms with Crippen LogP contribution >= 0.6 is 34.9 Å². The molecule has 2 unspecified atom stereocenters. The second-order valence-electron chi connectivity index (χ2n) is 8.81. The van der Waals surface area contributed by atoms with Crippen LogP contribution in [0.25, 0.3) is 0 Å². The monoisotopic (exact) mass is 617 g/mol. The van der Waals surface area contributed by atoms with E-state index in [9.17, 15) is 24.3 Å². The highest BCUT2D eigenvalue weighted by molar-refractivity contribution is 8.01. The smallest absolute Gasteiger partial charge is 0.352 e. The lowest BCUT2D eigenvalue weighted by Crippen LogP contribution is -2.71. The minimum Gasteiger partial charge on any atom is -0.477 e. The molecule has 0 saturated carbocycles. The van der Waals surface area contributed by atoms with Crippen LogP contribution in [0.1, 0.15) is 16.6 Å². The summed E-state index contributed by atoms with van der Waals surface area (Å²) in [5.41, 5.74) is 0.933. The van der Waals surface area contributed by atoms with Gasteiger partial charge in [-0.1, -0.05) is 53.4 Å². The number of nitrogens with one attached hydrogen (secondary N) is 2. The van der Waals surface area contributed by atoms with Crippen molar-refractivity contribution >= 4 is 58.6 Å². The van der Waals surface area contributed by atoms with Gasteiger partial charge in [-0.3, -0.25) is 19.3 Å². The predicted octanol–water partition coefficient (Wildman–Crippen LogP) is 0.137. The molecule has 5 rings (SSSR count). The van der Waals surface area contributed by atoms with Crippen LogP contribution in [0.2, 0.25) is 0 Å². The molecule has 0 bridgehead atoms. The average Bonchev–Trinajstić information content (AvgIpc) is 3.58. The average molecular weight is 618 g/mol. The second kappa shape index (κ2) is 12.2. The highest BCUT2D eigenvalue weighted by atomic mass is 32.2. The number of aliphatic carboxylic acids is 1. The number of aryl methyl sites for hydroxylation is 2. The van der Waals surface area contributed by atoms with E-state index in [0.717, 1.165) is 0 Å². The number of benzene rings is 1. The Balaban J connectivity index is 1.26. The van der Waals surface area contributed by atoms with Crippen LogP contribution in [0.4, 0.5) is 0 Å². The number of hydrogen-bond acceptors (Lipinski definition) is 13. The van der Waals surface area contributed by atoms with Gasteiger partial charge in [-0.05, 0) is 28.5 Å². The first-order valence-corrected chi connectivity index (χ1v) is 14.9. The van der Waals surface area contributed by atoms with Crippen molar-refractivity contribution in [1.82, 2.24) is 45.9 Å². The fourth-order valence-corrected chi connectivity index (χ4v) is 7.01. The van der Waals surface area contributed by atoms with Gasteiger partial charge in [0.05, 0.1) is 0 Å². The molecule has 4 heterocycles. The van der Waals surface area contributed by atoms with Crippen LogP contribution in [0.15, 0.2) is 46.8 Å². The zero-order valence-electron chi connectivity index (χ0n) is 21.6. The molecule has 3 amide bonds. The number of hydrogen-bond donors (Lipinski definition) is 3. The maximum Gasteiger partial charge on any atom is 0.352 e. The maximum absolute atomic E-state index is 13.4. The summed E-state index contributed by atoms with van der Waals surface area (Å²) in [6.45, 7) is 1.36. The van der Waals surface area contributed by atoms with Crippen LogP contribution in [0, 0.1) is 6.92 Å². The number of ether oxygens (including phenoxy) is 1. The molecule has 3 atom stereocenters. The molecule has 2 aromatic heterocycles. The van der Waals surface area contributed by atoms with Gasteiger partial charge in [0.25, 0.3) is 17.0 Å². The third-order valence-electron chi connectivity index (χ3n) is 6.04. The molecule has 2 aliphatic heterocycles. The number of carbonyl (C=O) groups excluding carboxylic acids is 3. The molecule has 214 valence electrons. The van der Waals surface area contributed by atoms with E-state index < -0.39 is 47.8 Å². The Bertz CT molecular complexity index is 1510. The zero-order chi connectivity index (χ0) is 29.1. The molecular formula is C23H23N9O6S3. The van der Waals surface area contributed by atoms with Gasteiger partial charge in [0.2, 0.25) is 11.1 Å². The van der Waals surface area contributed by atoms with E-state index in [0.29, 0.717) is 27.1 Å². The lowest BCUT2D eigenvalue weighted by molar-refractivity contribution is -0.151. The molecule has 2 aliphatic rings. The number of carboxylic acid groups (broad SMARTS) is 1. The molecule has 18 heteroatoms. The highest BCUT2D eigenvalue weighted by Gasteiger charge is 2.54. The standard InChI is InChI=1S/C23H23N9O6S3/c1-11-26-28-23(41-11)38-8-14(33)24-15(12-6-4-3-5-7-12)18(34)25-16-19(35)32-17(21(36)37)13(9-39-20(16)32)10-40-22-27-29-30-31(22)2/h3-7,15-16,20H,8-10H2,1-2H3,(H,24,33)(H,25,34)(H,36,37)/t15?,16?,20-/m1/s1. The first kappa shape index (κ1) is 28.5. The number of rotatable bonds is 11. The summed E-state index contributed by atoms with van der Waals surface area (Å²) in [6, 6.07) is 6.45. The van der Waals surface area contributed by atoms with Crippen molar-refractivity contribution in [3.8, 4) is 5.19 Å². The second-order valence-corrected chi connectivity index (χ2v) is 12.0. The molecule has 41 heavy (non-hydrogen) atoms. The summed E-state index contributed by atoms with van der Waals surface area (Å²) in [5, 5.41) is 34.9. The number of β-lactam (4-membered cyclic amide) rings is 1. The summed E-state index contributed by atoms with van der Waals surface area (Å²) in [4.78, 5) is 52.6.